The molecule has 32 heavy (non-hydrogen) atoms. The van der Waals surface area contributed by atoms with Crippen molar-refractivity contribution in [3.05, 3.63) is 95.3 Å². The van der Waals surface area contributed by atoms with Crippen LogP contribution in [0.4, 0.5) is 0 Å². The number of nitrogens with one attached hydrogen (secondary N) is 1. The first-order valence-corrected chi connectivity index (χ1v) is 11.9. The Hall–Kier alpha value is -3.51. The minimum atomic E-state index is -3.82. The lowest BCUT2D eigenvalue weighted by Crippen LogP contribution is -2.16. The van der Waals surface area contributed by atoms with Gasteiger partial charge in [0.25, 0.3) is 10.0 Å². The largest absolute Gasteiger partial charge is 0.497 e. The Morgan fingerprint density at radius 1 is 0.938 bits per heavy atom. The number of aromatic amines is 1. The Morgan fingerprint density at radius 3 is 2.44 bits per heavy atom. The topological polar surface area (TPSA) is 64.1 Å². The van der Waals surface area contributed by atoms with E-state index >= 15 is 0 Å². The second-order valence-corrected chi connectivity index (χ2v) is 9.81. The van der Waals surface area contributed by atoms with Crippen LogP contribution in [0.1, 0.15) is 22.4 Å². The highest BCUT2D eigenvalue weighted by atomic mass is 32.2. The van der Waals surface area contributed by atoms with Crippen LogP contribution >= 0.6 is 0 Å². The number of methoxy groups -OCH3 is 1. The molecule has 5 nitrogen and oxygen atoms in total. The van der Waals surface area contributed by atoms with E-state index < -0.39 is 10.0 Å². The Balaban J connectivity index is 1.74. The molecule has 2 aromatic heterocycles. The maximum absolute atomic E-state index is 13.9. The molecule has 0 aliphatic heterocycles. The minimum Gasteiger partial charge on any atom is -0.497 e. The molecule has 0 saturated carbocycles. The predicted octanol–water partition coefficient (Wildman–Crippen LogP) is 5.58. The molecule has 0 amide bonds. The van der Waals surface area contributed by atoms with Gasteiger partial charge in [-0.1, -0.05) is 30.3 Å². The summed E-state index contributed by atoms with van der Waals surface area (Å²) in [6.45, 7) is 4.08. The van der Waals surface area contributed by atoms with Crippen molar-refractivity contribution in [2.24, 2.45) is 0 Å². The van der Waals surface area contributed by atoms with Crippen molar-refractivity contribution in [2.75, 3.05) is 7.11 Å². The van der Waals surface area contributed by atoms with Gasteiger partial charge < -0.3 is 9.72 Å². The molecule has 0 atom stereocenters. The van der Waals surface area contributed by atoms with Crippen molar-refractivity contribution in [3.63, 3.8) is 0 Å². The summed E-state index contributed by atoms with van der Waals surface area (Å²) < 4.78 is 34.4. The number of nitrogens with zero attached hydrogens (tertiary/aromatic N) is 1. The van der Waals surface area contributed by atoms with Crippen molar-refractivity contribution in [1.82, 2.24) is 8.96 Å². The summed E-state index contributed by atoms with van der Waals surface area (Å²) in [5, 5.41) is 2.08. The van der Waals surface area contributed by atoms with Crippen LogP contribution in [0.25, 0.3) is 21.8 Å². The molecule has 1 N–H and O–H groups in total. The van der Waals surface area contributed by atoms with E-state index in [-0.39, 0.29) is 4.90 Å². The molecule has 2 heterocycles. The molecular weight excluding hydrogens is 420 g/mol. The van der Waals surface area contributed by atoms with Crippen LogP contribution in [0, 0.1) is 13.8 Å². The summed E-state index contributed by atoms with van der Waals surface area (Å²) in [5.41, 5.74) is 5.73. The van der Waals surface area contributed by atoms with Gasteiger partial charge in [-0.2, -0.15) is 0 Å². The third-order valence-electron chi connectivity index (χ3n) is 6.16. The molecule has 0 spiro atoms. The van der Waals surface area contributed by atoms with Gasteiger partial charge in [-0.05, 0) is 66.9 Å². The lowest BCUT2D eigenvalue weighted by molar-refractivity contribution is 0.414. The first kappa shape index (κ1) is 20.4. The molecule has 5 aromatic rings. The molecule has 6 heteroatoms. The summed E-state index contributed by atoms with van der Waals surface area (Å²) in [7, 11) is -2.25. The number of rotatable bonds is 5. The van der Waals surface area contributed by atoms with Gasteiger partial charge in [0, 0.05) is 34.6 Å². The zero-order chi connectivity index (χ0) is 22.5. The molecule has 0 radical (unpaired) electrons. The summed E-state index contributed by atoms with van der Waals surface area (Å²) in [4.78, 5) is 3.56. The molecule has 3 aromatic carbocycles. The Morgan fingerprint density at radius 2 is 1.69 bits per heavy atom. The van der Waals surface area contributed by atoms with Gasteiger partial charge >= 0.3 is 0 Å². The van der Waals surface area contributed by atoms with Gasteiger partial charge in [-0.25, -0.2) is 12.4 Å². The quantitative estimate of drug-likeness (QED) is 0.385. The van der Waals surface area contributed by atoms with Crippen LogP contribution in [0.15, 0.2) is 77.8 Å². The van der Waals surface area contributed by atoms with E-state index in [1.807, 2.05) is 49.5 Å². The van der Waals surface area contributed by atoms with Crippen molar-refractivity contribution < 1.29 is 13.2 Å². The summed E-state index contributed by atoms with van der Waals surface area (Å²) in [5.74, 6) is 0.618. The first-order valence-electron chi connectivity index (χ1n) is 10.5. The SMILES string of the molecule is COc1ccc(S(=O)(=O)n2c(Cc3c[nH]c4cccc(C)c34)c(C)c3ccccc32)cc1. The number of H-pyrrole nitrogens is 1. The van der Waals surface area contributed by atoms with Crippen molar-refractivity contribution in [2.45, 2.75) is 25.2 Å². The molecule has 0 aliphatic rings. The van der Waals surface area contributed by atoms with E-state index in [1.54, 1.807) is 31.4 Å². The van der Waals surface area contributed by atoms with Gasteiger partial charge in [0.05, 0.1) is 17.5 Å². The van der Waals surface area contributed by atoms with Crippen LogP contribution in [0.5, 0.6) is 5.75 Å². The van der Waals surface area contributed by atoms with Gasteiger partial charge in [0.15, 0.2) is 0 Å². The Kier molecular flexibility index (Phi) is 4.82. The maximum atomic E-state index is 13.9. The monoisotopic (exact) mass is 444 g/mol. The third kappa shape index (κ3) is 3.10. The number of aromatic nitrogens is 2. The molecule has 0 bridgehead atoms. The molecule has 162 valence electrons. The maximum Gasteiger partial charge on any atom is 0.268 e. The molecule has 0 aliphatic carbocycles. The van der Waals surface area contributed by atoms with Gasteiger partial charge in [-0.15, -0.1) is 0 Å². The number of hydrogen-bond acceptors (Lipinski definition) is 3. The smallest absolute Gasteiger partial charge is 0.268 e. The predicted molar refractivity (Wildman–Crippen MR) is 128 cm³/mol. The fourth-order valence-corrected chi connectivity index (χ4v) is 6.12. The van der Waals surface area contributed by atoms with E-state index in [2.05, 4.69) is 18.0 Å². The summed E-state index contributed by atoms with van der Waals surface area (Å²) in [6.07, 6.45) is 2.49. The average Bonchev–Trinajstić information content (AvgIpc) is 3.34. The van der Waals surface area contributed by atoms with Crippen molar-refractivity contribution >= 4 is 31.8 Å². The van der Waals surface area contributed by atoms with Crippen molar-refractivity contribution in [3.8, 4) is 5.75 Å². The van der Waals surface area contributed by atoms with Crippen LogP contribution < -0.4 is 4.74 Å². The van der Waals surface area contributed by atoms with Crippen LogP contribution in [0.2, 0.25) is 0 Å². The van der Waals surface area contributed by atoms with Gasteiger partial charge in [0.2, 0.25) is 0 Å². The number of ether oxygens (including phenoxy) is 1. The number of benzene rings is 3. The Labute approximate surface area is 187 Å². The second-order valence-electron chi connectivity index (χ2n) is 8.02. The Bertz CT molecular complexity index is 1560. The number of para-hydroxylation sites is 1. The molecule has 5 rings (SSSR count). The summed E-state index contributed by atoms with van der Waals surface area (Å²) >= 11 is 0. The first-order chi connectivity index (χ1) is 15.4. The third-order valence-corrected chi connectivity index (χ3v) is 7.92. The molecule has 0 fully saturated rings. The molecule has 0 saturated heterocycles. The summed E-state index contributed by atoms with van der Waals surface area (Å²) in [6, 6.07) is 20.4. The highest BCUT2D eigenvalue weighted by molar-refractivity contribution is 7.90. The normalized spacial score (nSPS) is 12.0. The van der Waals surface area contributed by atoms with E-state index in [0.717, 1.165) is 38.7 Å². The number of fused-ring (bicyclic) bond motifs is 2. The highest BCUT2D eigenvalue weighted by Gasteiger charge is 2.26. The fraction of sp³-hybridized carbons (Fsp3) is 0.154. The van der Waals surface area contributed by atoms with E-state index in [1.165, 1.54) is 3.97 Å². The van der Waals surface area contributed by atoms with E-state index in [9.17, 15) is 8.42 Å². The van der Waals surface area contributed by atoms with Crippen LogP contribution in [-0.2, 0) is 16.4 Å². The average molecular weight is 445 g/mol. The zero-order valence-electron chi connectivity index (χ0n) is 18.2. The van der Waals surface area contributed by atoms with Crippen molar-refractivity contribution in [1.29, 1.82) is 0 Å². The lowest BCUT2D eigenvalue weighted by atomic mass is 10.0. The fourth-order valence-electron chi connectivity index (χ4n) is 4.52. The standard InChI is InChI=1S/C26H24N2O3S/c1-17-7-6-9-23-26(17)19(16-27-23)15-25-18(2)22-8-4-5-10-24(22)28(25)32(29,30)21-13-11-20(31-3)12-14-21/h4-14,16,27H,15H2,1-3H3. The minimum absolute atomic E-state index is 0.232. The van der Waals surface area contributed by atoms with Gasteiger partial charge in [0.1, 0.15) is 5.75 Å². The molecule has 0 unspecified atom stereocenters. The van der Waals surface area contributed by atoms with Gasteiger partial charge in [-0.3, -0.25) is 0 Å². The van der Waals surface area contributed by atoms with E-state index in [4.69, 9.17) is 4.74 Å². The zero-order valence-corrected chi connectivity index (χ0v) is 19.0. The lowest BCUT2D eigenvalue weighted by Gasteiger charge is -2.13. The second kappa shape index (κ2) is 7.57. The van der Waals surface area contributed by atoms with Crippen LogP contribution in [-0.4, -0.2) is 24.5 Å². The highest BCUT2D eigenvalue weighted by Crippen LogP contribution is 2.33. The number of hydrogen-bond donors (Lipinski definition) is 1. The van der Waals surface area contributed by atoms with Crippen LogP contribution in [0.3, 0.4) is 0 Å². The molecular formula is C26H24N2O3S. The number of aryl methyl sites for hydroxylation is 2. The van der Waals surface area contributed by atoms with E-state index in [0.29, 0.717) is 17.7 Å².